The number of nitrogens with zero attached hydrogens (tertiary/aromatic N) is 2. The highest BCUT2D eigenvalue weighted by Gasteiger charge is 2.03. The Morgan fingerprint density at radius 1 is 1.12 bits per heavy atom. The van der Waals surface area contributed by atoms with Gasteiger partial charge in [-0.25, -0.2) is 4.99 Å². The Hall–Kier alpha value is -1.08. The summed E-state index contributed by atoms with van der Waals surface area (Å²) in [5, 5.41) is 0. The van der Waals surface area contributed by atoms with Gasteiger partial charge >= 0.3 is 0 Å². The molecule has 0 heterocycles. The van der Waals surface area contributed by atoms with Crippen molar-refractivity contribution in [3.63, 3.8) is 0 Å². The lowest BCUT2D eigenvalue weighted by atomic mass is 10.2. The maximum Gasteiger partial charge on any atom is 0.223 e. The number of benzene rings is 1. The zero-order valence-electron chi connectivity index (χ0n) is 8.54. The molecule has 5 nitrogen and oxygen atoms in total. The average Bonchev–Trinajstić information content (AvgIpc) is 2.12. The molecule has 0 aliphatic rings. The zero-order valence-corrected chi connectivity index (χ0v) is 11.7. The fourth-order valence-electron chi connectivity index (χ4n) is 1.01. The number of aryl methyl sites for hydroxylation is 1. The maximum atomic E-state index is 5.53. The van der Waals surface area contributed by atoms with Crippen molar-refractivity contribution in [3.8, 4) is 0 Å². The van der Waals surface area contributed by atoms with E-state index in [1.165, 1.54) is 0 Å². The van der Waals surface area contributed by atoms with Gasteiger partial charge in [0.1, 0.15) is 0 Å². The van der Waals surface area contributed by atoms with Crippen molar-refractivity contribution >= 4 is 49.5 Å². The fraction of sp³-hybridized carbons (Fsp3) is 0.111. The van der Waals surface area contributed by atoms with E-state index in [1.807, 2.05) is 19.1 Å². The van der Waals surface area contributed by atoms with Crippen LogP contribution < -0.4 is 17.2 Å². The minimum atomic E-state index is -0.119. The second-order valence-corrected chi connectivity index (χ2v) is 4.77. The van der Waals surface area contributed by atoms with E-state index >= 15 is 0 Å². The third kappa shape index (κ3) is 3.49. The number of nitrogens with two attached hydrogens (primary N) is 3. The summed E-state index contributed by atoms with van der Waals surface area (Å²) in [7, 11) is 0. The van der Waals surface area contributed by atoms with E-state index in [2.05, 4.69) is 41.8 Å². The first kappa shape index (κ1) is 13.0. The Morgan fingerprint density at radius 3 is 2.31 bits per heavy atom. The summed E-state index contributed by atoms with van der Waals surface area (Å²) in [6.45, 7) is 1.95. The molecule has 1 rings (SSSR count). The standard InChI is InChI=1S/C9H11Br2N5/c1-4-2-7(6(11)3-5(4)10)15-9(14)16-8(12)13/h2-3H,1H3,(H6,12,13,14,15,16). The molecule has 0 saturated carbocycles. The minimum Gasteiger partial charge on any atom is -0.370 e. The predicted molar refractivity (Wildman–Crippen MR) is 73.7 cm³/mol. The highest BCUT2D eigenvalue weighted by molar-refractivity contribution is 9.11. The summed E-state index contributed by atoms with van der Waals surface area (Å²) in [6, 6.07) is 3.75. The number of aliphatic imine (C=N–C) groups is 2. The first-order valence-electron chi connectivity index (χ1n) is 4.29. The average molecular weight is 349 g/mol. The normalized spacial score (nSPS) is 11.3. The number of halogens is 2. The molecule has 0 unspecified atom stereocenters. The Kier molecular flexibility index (Phi) is 4.31. The molecule has 0 aliphatic carbocycles. The van der Waals surface area contributed by atoms with Crippen molar-refractivity contribution in [2.24, 2.45) is 27.2 Å². The molecule has 0 atom stereocenters. The van der Waals surface area contributed by atoms with Crippen LogP contribution in [0, 0.1) is 6.92 Å². The molecule has 0 fully saturated rings. The van der Waals surface area contributed by atoms with Crippen LogP contribution in [0.2, 0.25) is 0 Å². The van der Waals surface area contributed by atoms with Gasteiger partial charge in [-0.2, -0.15) is 4.99 Å². The van der Waals surface area contributed by atoms with Gasteiger partial charge in [0.05, 0.1) is 5.69 Å². The van der Waals surface area contributed by atoms with Crippen molar-refractivity contribution in [2.75, 3.05) is 0 Å². The second-order valence-electron chi connectivity index (χ2n) is 3.06. The molecule has 0 aliphatic heterocycles. The third-order valence-corrected chi connectivity index (χ3v) is 3.20. The Bertz CT molecular complexity index is 463. The number of guanidine groups is 2. The Labute approximate surface area is 110 Å². The lowest BCUT2D eigenvalue weighted by Crippen LogP contribution is -2.26. The minimum absolute atomic E-state index is 0.0161. The first-order chi connectivity index (χ1) is 7.40. The monoisotopic (exact) mass is 347 g/mol. The van der Waals surface area contributed by atoms with Gasteiger partial charge in [-0.3, -0.25) is 0 Å². The maximum absolute atomic E-state index is 5.53. The Morgan fingerprint density at radius 2 is 1.75 bits per heavy atom. The van der Waals surface area contributed by atoms with E-state index in [-0.39, 0.29) is 11.9 Å². The fourth-order valence-corrected chi connectivity index (χ4v) is 2.09. The summed E-state index contributed by atoms with van der Waals surface area (Å²) in [4.78, 5) is 7.71. The third-order valence-electron chi connectivity index (χ3n) is 1.71. The summed E-state index contributed by atoms with van der Waals surface area (Å²) in [5.74, 6) is -0.103. The molecule has 1 aromatic carbocycles. The quantitative estimate of drug-likeness (QED) is 0.532. The topological polar surface area (TPSA) is 103 Å². The molecule has 0 amide bonds. The molecule has 16 heavy (non-hydrogen) atoms. The van der Waals surface area contributed by atoms with Gasteiger partial charge in [-0.15, -0.1) is 0 Å². The molecule has 86 valence electrons. The van der Waals surface area contributed by atoms with Crippen LogP contribution in [0.25, 0.3) is 0 Å². The van der Waals surface area contributed by atoms with Gasteiger partial charge < -0.3 is 17.2 Å². The van der Waals surface area contributed by atoms with Crippen molar-refractivity contribution in [1.82, 2.24) is 0 Å². The highest BCUT2D eigenvalue weighted by atomic mass is 79.9. The van der Waals surface area contributed by atoms with E-state index in [9.17, 15) is 0 Å². The lowest BCUT2D eigenvalue weighted by molar-refractivity contribution is 1.34. The van der Waals surface area contributed by atoms with Gasteiger partial charge in [0.15, 0.2) is 5.96 Å². The molecule has 7 heteroatoms. The van der Waals surface area contributed by atoms with Gasteiger partial charge in [0.25, 0.3) is 0 Å². The van der Waals surface area contributed by atoms with E-state index in [4.69, 9.17) is 17.2 Å². The molecular weight excluding hydrogens is 338 g/mol. The smallest absolute Gasteiger partial charge is 0.223 e. The zero-order chi connectivity index (χ0) is 12.3. The molecule has 0 radical (unpaired) electrons. The number of rotatable bonds is 1. The van der Waals surface area contributed by atoms with Crippen LogP contribution in [0.15, 0.2) is 31.1 Å². The van der Waals surface area contributed by atoms with E-state index < -0.39 is 0 Å². The van der Waals surface area contributed by atoms with Gasteiger partial charge in [0.2, 0.25) is 5.96 Å². The Balaban J connectivity index is 3.15. The van der Waals surface area contributed by atoms with Crippen LogP contribution in [-0.4, -0.2) is 11.9 Å². The SMILES string of the molecule is Cc1cc(N=C(N)N=C(N)N)c(Br)cc1Br. The molecule has 0 bridgehead atoms. The molecule has 0 saturated heterocycles. The van der Waals surface area contributed by atoms with Crippen LogP contribution in [-0.2, 0) is 0 Å². The lowest BCUT2D eigenvalue weighted by Gasteiger charge is -2.03. The molecule has 1 aromatic rings. The first-order valence-corrected chi connectivity index (χ1v) is 5.88. The summed E-state index contributed by atoms with van der Waals surface area (Å²) in [5.41, 5.74) is 17.6. The van der Waals surface area contributed by atoms with Gasteiger partial charge in [-0.05, 0) is 40.5 Å². The molecule has 0 aromatic heterocycles. The van der Waals surface area contributed by atoms with Crippen LogP contribution in [0.4, 0.5) is 5.69 Å². The van der Waals surface area contributed by atoms with Crippen molar-refractivity contribution < 1.29 is 0 Å². The van der Waals surface area contributed by atoms with Crippen molar-refractivity contribution in [1.29, 1.82) is 0 Å². The molecule has 6 N–H and O–H groups in total. The van der Waals surface area contributed by atoms with Crippen molar-refractivity contribution in [3.05, 3.63) is 26.6 Å². The van der Waals surface area contributed by atoms with Crippen LogP contribution in [0.1, 0.15) is 5.56 Å². The largest absolute Gasteiger partial charge is 0.370 e. The highest BCUT2D eigenvalue weighted by Crippen LogP contribution is 2.31. The van der Waals surface area contributed by atoms with Crippen LogP contribution in [0.5, 0.6) is 0 Å². The number of hydrogen-bond acceptors (Lipinski definition) is 1. The van der Waals surface area contributed by atoms with E-state index in [0.717, 1.165) is 14.5 Å². The van der Waals surface area contributed by atoms with E-state index in [1.54, 1.807) is 0 Å². The summed E-state index contributed by atoms with van der Waals surface area (Å²) in [6.07, 6.45) is 0. The molecule has 0 spiro atoms. The van der Waals surface area contributed by atoms with Crippen LogP contribution >= 0.6 is 31.9 Å². The summed E-state index contributed by atoms with van der Waals surface area (Å²) < 4.78 is 1.79. The van der Waals surface area contributed by atoms with Crippen molar-refractivity contribution in [2.45, 2.75) is 6.92 Å². The van der Waals surface area contributed by atoms with Gasteiger partial charge in [-0.1, -0.05) is 15.9 Å². The summed E-state index contributed by atoms with van der Waals surface area (Å²) >= 11 is 6.78. The molecular formula is C9H11Br2N5. The predicted octanol–water partition coefficient (Wildman–Crippen LogP) is 1.74. The van der Waals surface area contributed by atoms with Gasteiger partial charge in [0, 0.05) is 8.95 Å². The number of hydrogen-bond donors (Lipinski definition) is 3. The van der Waals surface area contributed by atoms with Crippen LogP contribution in [0.3, 0.4) is 0 Å². The second kappa shape index (κ2) is 5.31. The van der Waals surface area contributed by atoms with E-state index in [0.29, 0.717) is 5.69 Å².